The molecule has 1 aliphatic carbocycles. The number of carbonyl (C=O) groups is 2. The van der Waals surface area contributed by atoms with Gasteiger partial charge < -0.3 is 14.9 Å². The number of likely N-dealkylation sites (tertiary alicyclic amines) is 2. The van der Waals surface area contributed by atoms with Crippen LogP contribution in [0.25, 0.3) is 0 Å². The van der Waals surface area contributed by atoms with Crippen LogP contribution in [0.5, 0.6) is 0 Å². The van der Waals surface area contributed by atoms with Gasteiger partial charge in [-0.05, 0) is 31.6 Å². The van der Waals surface area contributed by atoms with E-state index in [2.05, 4.69) is 4.90 Å². The summed E-state index contributed by atoms with van der Waals surface area (Å²) in [6.45, 7) is 3.85. The second kappa shape index (κ2) is 5.85. The van der Waals surface area contributed by atoms with E-state index in [1.807, 2.05) is 4.90 Å². The molecule has 5 nitrogen and oxygen atoms in total. The van der Waals surface area contributed by atoms with E-state index in [9.17, 15) is 9.59 Å². The van der Waals surface area contributed by atoms with Crippen molar-refractivity contribution in [2.45, 2.75) is 51.5 Å². The van der Waals surface area contributed by atoms with E-state index >= 15 is 0 Å². The van der Waals surface area contributed by atoms with Gasteiger partial charge in [-0.1, -0.05) is 19.8 Å². The summed E-state index contributed by atoms with van der Waals surface area (Å²) in [6.07, 6.45) is 7.36. The topological polar surface area (TPSA) is 60.9 Å². The number of urea groups is 1. The van der Waals surface area contributed by atoms with Crippen LogP contribution in [-0.2, 0) is 4.79 Å². The third-order valence-electron chi connectivity index (χ3n) is 5.77. The molecule has 21 heavy (non-hydrogen) atoms. The molecule has 0 aromatic heterocycles. The maximum Gasteiger partial charge on any atom is 0.320 e. The molecule has 3 unspecified atom stereocenters. The van der Waals surface area contributed by atoms with Crippen molar-refractivity contribution in [3.05, 3.63) is 0 Å². The number of nitrogens with zero attached hydrogens (tertiary/aromatic N) is 2. The number of carbonyl (C=O) groups excluding carboxylic acids is 1. The first-order valence-corrected chi connectivity index (χ1v) is 8.36. The highest BCUT2D eigenvalue weighted by Crippen LogP contribution is 2.36. The molecule has 2 heterocycles. The Labute approximate surface area is 126 Å². The summed E-state index contributed by atoms with van der Waals surface area (Å²) in [6, 6.07) is 0.594. The lowest BCUT2D eigenvalue weighted by atomic mass is 9.78. The molecule has 0 radical (unpaired) electrons. The van der Waals surface area contributed by atoms with E-state index in [-0.39, 0.29) is 17.9 Å². The van der Waals surface area contributed by atoms with Gasteiger partial charge >= 0.3 is 12.0 Å². The normalized spacial score (nSPS) is 31.3. The first kappa shape index (κ1) is 14.7. The van der Waals surface area contributed by atoms with Crippen LogP contribution in [0.2, 0.25) is 0 Å². The minimum Gasteiger partial charge on any atom is -0.481 e. The van der Waals surface area contributed by atoms with Gasteiger partial charge in [-0.25, -0.2) is 4.79 Å². The molecule has 0 bridgehead atoms. The fraction of sp³-hybridized carbons (Fsp3) is 0.875. The molecule has 3 fully saturated rings. The maximum absolute atomic E-state index is 12.7. The van der Waals surface area contributed by atoms with Crippen molar-refractivity contribution in [1.82, 2.24) is 9.80 Å². The lowest BCUT2D eigenvalue weighted by Crippen LogP contribution is -2.61. The van der Waals surface area contributed by atoms with Crippen molar-refractivity contribution in [2.75, 3.05) is 19.6 Å². The summed E-state index contributed by atoms with van der Waals surface area (Å²) in [7, 11) is 0. The molecule has 118 valence electrons. The van der Waals surface area contributed by atoms with E-state index < -0.39 is 5.97 Å². The second-order valence-electron chi connectivity index (χ2n) is 7.02. The van der Waals surface area contributed by atoms with Crippen LogP contribution in [-0.4, -0.2) is 52.6 Å². The summed E-state index contributed by atoms with van der Waals surface area (Å²) in [4.78, 5) is 27.6. The van der Waals surface area contributed by atoms with Crippen LogP contribution in [0.1, 0.15) is 45.4 Å². The zero-order valence-corrected chi connectivity index (χ0v) is 12.8. The summed E-state index contributed by atoms with van der Waals surface area (Å²) in [5.74, 6) is -0.278. The lowest BCUT2D eigenvalue weighted by molar-refractivity contribution is -0.145. The maximum atomic E-state index is 12.7. The molecular weight excluding hydrogens is 268 g/mol. The Balaban J connectivity index is 1.57. The van der Waals surface area contributed by atoms with Gasteiger partial charge in [0.2, 0.25) is 0 Å². The van der Waals surface area contributed by atoms with Crippen molar-refractivity contribution >= 4 is 12.0 Å². The van der Waals surface area contributed by atoms with Gasteiger partial charge in [-0.2, -0.15) is 0 Å². The van der Waals surface area contributed by atoms with Crippen LogP contribution < -0.4 is 0 Å². The smallest absolute Gasteiger partial charge is 0.320 e. The number of amides is 2. The monoisotopic (exact) mass is 294 g/mol. The first-order chi connectivity index (χ1) is 10.1. The highest BCUT2D eigenvalue weighted by molar-refractivity contribution is 5.77. The Morgan fingerprint density at radius 2 is 1.76 bits per heavy atom. The molecule has 2 amide bonds. The van der Waals surface area contributed by atoms with Gasteiger partial charge in [-0.3, -0.25) is 4.79 Å². The Morgan fingerprint density at radius 1 is 1.10 bits per heavy atom. The number of carboxylic acids is 1. The predicted molar refractivity (Wildman–Crippen MR) is 78.9 cm³/mol. The van der Waals surface area contributed by atoms with Crippen LogP contribution in [0, 0.1) is 17.8 Å². The number of aliphatic carboxylic acids is 1. The van der Waals surface area contributed by atoms with Gasteiger partial charge in [-0.15, -0.1) is 0 Å². The molecule has 3 aliphatic rings. The zero-order chi connectivity index (χ0) is 15.0. The van der Waals surface area contributed by atoms with Crippen molar-refractivity contribution in [3.63, 3.8) is 0 Å². The molecule has 3 rings (SSSR count). The predicted octanol–water partition coefficient (Wildman–Crippen LogP) is 2.41. The second-order valence-corrected chi connectivity index (χ2v) is 7.02. The van der Waals surface area contributed by atoms with Gasteiger partial charge in [0.1, 0.15) is 0 Å². The van der Waals surface area contributed by atoms with E-state index in [4.69, 9.17) is 5.11 Å². The molecule has 3 atom stereocenters. The minimum atomic E-state index is -0.752. The standard InChI is InChI=1S/C16H26N2O3/c1-11(15(19)20)13-9-17(10-13)16(21)18-8-4-6-12-5-2-3-7-14(12)18/h11-14H,2-10H2,1H3,(H,19,20). The summed E-state index contributed by atoms with van der Waals surface area (Å²) >= 11 is 0. The van der Waals surface area contributed by atoms with Crippen molar-refractivity contribution < 1.29 is 14.7 Å². The quantitative estimate of drug-likeness (QED) is 0.851. The van der Waals surface area contributed by atoms with Crippen LogP contribution in [0.15, 0.2) is 0 Å². The largest absolute Gasteiger partial charge is 0.481 e. The molecule has 0 aromatic rings. The fourth-order valence-electron chi connectivity index (χ4n) is 4.23. The number of carboxylic acid groups (broad SMARTS) is 1. The van der Waals surface area contributed by atoms with Gasteiger partial charge in [0, 0.05) is 31.6 Å². The average molecular weight is 294 g/mol. The third-order valence-corrected chi connectivity index (χ3v) is 5.77. The molecule has 1 saturated carbocycles. The van der Waals surface area contributed by atoms with E-state index in [1.54, 1.807) is 6.92 Å². The van der Waals surface area contributed by atoms with Gasteiger partial charge in [0.05, 0.1) is 5.92 Å². The number of hydrogen-bond donors (Lipinski definition) is 1. The molecule has 2 saturated heterocycles. The molecule has 1 N–H and O–H groups in total. The molecule has 0 aromatic carbocycles. The van der Waals surface area contributed by atoms with Crippen molar-refractivity contribution in [3.8, 4) is 0 Å². The van der Waals surface area contributed by atoms with E-state index in [1.165, 1.54) is 25.7 Å². The summed E-state index contributed by atoms with van der Waals surface area (Å²) in [5.41, 5.74) is 0. The SMILES string of the molecule is CC(C(=O)O)C1CN(C(=O)N2CCCC3CCCCC32)C1. The average Bonchev–Trinajstić information content (AvgIpc) is 2.44. The van der Waals surface area contributed by atoms with E-state index in [0.717, 1.165) is 19.4 Å². The first-order valence-electron chi connectivity index (χ1n) is 8.36. The highest BCUT2D eigenvalue weighted by atomic mass is 16.4. The van der Waals surface area contributed by atoms with Crippen LogP contribution in [0.4, 0.5) is 4.79 Å². The fourth-order valence-corrected chi connectivity index (χ4v) is 4.23. The van der Waals surface area contributed by atoms with Crippen LogP contribution in [0.3, 0.4) is 0 Å². The Morgan fingerprint density at radius 3 is 2.48 bits per heavy atom. The van der Waals surface area contributed by atoms with Crippen molar-refractivity contribution in [2.24, 2.45) is 17.8 Å². The van der Waals surface area contributed by atoms with Crippen molar-refractivity contribution in [1.29, 1.82) is 0 Å². The number of hydrogen-bond acceptors (Lipinski definition) is 2. The van der Waals surface area contributed by atoms with Gasteiger partial charge in [0.25, 0.3) is 0 Å². The third kappa shape index (κ3) is 2.74. The summed E-state index contributed by atoms with van der Waals surface area (Å²) in [5, 5.41) is 9.03. The van der Waals surface area contributed by atoms with Crippen LogP contribution >= 0.6 is 0 Å². The number of fused-ring (bicyclic) bond motifs is 1. The Bertz CT molecular complexity index is 418. The molecule has 2 aliphatic heterocycles. The van der Waals surface area contributed by atoms with Gasteiger partial charge in [0.15, 0.2) is 0 Å². The molecule has 5 heteroatoms. The highest BCUT2D eigenvalue weighted by Gasteiger charge is 2.42. The molecular formula is C16H26N2O3. The zero-order valence-electron chi connectivity index (χ0n) is 12.8. The summed E-state index contributed by atoms with van der Waals surface area (Å²) < 4.78 is 0. The number of piperidine rings is 1. The van der Waals surface area contributed by atoms with E-state index in [0.29, 0.717) is 25.0 Å². The minimum absolute atomic E-state index is 0.124. The Hall–Kier alpha value is -1.26. The number of rotatable bonds is 2. The lowest BCUT2D eigenvalue weighted by Gasteiger charge is -2.49. The molecule has 0 spiro atoms. The Kier molecular flexibility index (Phi) is 4.09.